The van der Waals surface area contributed by atoms with Crippen molar-refractivity contribution in [2.75, 3.05) is 13.7 Å². The van der Waals surface area contributed by atoms with Crippen molar-refractivity contribution in [2.24, 2.45) is 0 Å². The minimum absolute atomic E-state index is 0.0424. The van der Waals surface area contributed by atoms with Crippen molar-refractivity contribution in [1.29, 1.82) is 0 Å². The number of hydrogen-bond acceptors (Lipinski definition) is 3. The van der Waals surface area contributed by atoms with Gasteiger partial charge in [-0.1, -0.05) is 17.7 Å². The lowest BCUT2D eigenvalue weighted by atomic mass is 10.2. The highest BCUT2D eigenvalue weighted by Gasteiger charge is 2.03. The summed E-state index contributed by atoms with van der Waals surface area (Å²) in [6, 6.07) is 4.28. The van der Waals surface area contributed by atoms with Gasteiger partial charge < -0.3 is 4.74 Å². The monoisotopic (exact) mass is 246 g/mol. The Hall–Kier alpha value is -1.17. The second-order valence-corrected chi connectivity index (χ2v) is 3.45. The molecule has 1 rings (SSSR count). The molecule has 0 fully saturated rings. The number of nitrogens with one attached hydrogen (secondary N) is 2. The molecule has 1 amide bonds. The first-order valence-corrected chi connectivity index (χ1v) is 4.98. The van der Waals surface area contributed by atoms with E-state index >= 15 is 0 Å². The van der Waals surface area contributed by atoms with Crippen molar-refractivity contribution >= 4 is 17.5 Å². The minimum Gasteiger partial charge on any atom is -0.367 e. The second-order valence-electron chi connectivity index (χ2n) is 3.04. The van der Waals surface area contributed by atoms with Crippen LogP contribution in [0.25, 0.3) is 0 Å². The van der Waals surface area contributed by atoms with E-state index in [1.54, 1.807) is 13.1 Å². The quantitative estimate of drug-likeness (QED) is 0.769. The molecule has 16 heavy (non-hydrogen) atoms. The van der Waals surface area contributed by atoms with Crippen molar-refractivity contribution in [1.82, 2.24) is 10.9 Å². The molecule has 0 heterocycles. The first-order chi connectivity index (χ1) is 7.63. The minimum atomic E-state index is -0.474. The zero-order chi connectivity index (χ0) is 12.0. The van der Waals surface area contributed by atoms with E-state index in [0.29, 0.717) is 5.56 Å². The van der Waals surface area contributed by atoms with Gasteiger partial charge in [-0.25, -0.2) is 9.82 Å². The van der Waals surface area contributed by atoms with Crippen molar-refractivity contribution < 1.29 is 13.9 Å². The molecule has 0 aliphatic carbocycles. The first kappa shape index (κ1) is 12.9. The number of carbonyl (C=O) groups is 1. The number of benzene rings is 1. The summed E-state index contributed by atoms with van der Waals surface area (Å²) in [4.78, 5) is 11.0. The summed E-state index contributed by atoms with van der Waals surface area (Å²) in [6.45, 7) is 0.132. The Morgan fingerprint density at radius 1 is 1.56 bits per heavy atom. The Bertz CT molecular complexity index is 374. The van der Waals surface area contributed by atoms with Gasteiger partial charge in [0.1, 0.15) is 12.4 Å². The molecule has 0 saturated carbocycles. The third-order valence-electron chi connectivity index (χ3n) is 1.75. The highest BCUT2D eigenvalue weighted by Crippen LogP contribution is 2.16. The van der Waals surface area contributed by atoms with Gasteiger partial charge >= 0.3 is 0 Å². The molecule has 1 aromatic rings. The molecule has 0 atom stereocenters. The molecule has 0 spiro atoms. The topological polar surface area (TPSA) is 50.4 Å². The van der Waals surface area contributed by atoms with Crippen molar-refractivity contribution in [3.05, 3.63) is 34.6 Å². The normalized spacial score (nSPS) is 10.2. The predicted octanol–water partition coefficient (Wildman–Crippen LogP) is 1.25. The molecule has 0 unspecified atom stereocenters. The summed E-state index contributed by atoms with van der Waals surface area (Å²) in [5.74, 6) is -0.756. The predicted molar refractivity (Wildman–Crippen MR) is 58.3 cm³/mol. The molecule has 0 aliphatic heterocycles. The van der Waals surface area contributed by atoms with E-state index in [1.807, 2.05) is 0 Å². The SMILES string of the molecule is CNNC(=O)COCc1ccc(F)c(Cl)c1. The molecule has 2 N–H and O–H groups in total. The maximum absolute atomic E-state index is 12.8. The molecule has 0 aliphatic rings. The van der Waals surface area contributed by atoms with Crippen LogP contribution in [0.3, 0.4) is 0 Å². The fraction of sp³-hybridized carbons (Fsp3) is 0.300. The van der Waals surface area contributed by atoms with Gasteiger partial charge in [0.05, 0.1) is 11.6 Å². The Morgan fingerprint density at radius 3 is 2.94 bits per heavy atom. The molecular weight excluding hydrogens is 235 g/mol. The molecule has 6 heteroatoms. The van der Waals surface area contributed by atoms with E-state index in [4.69, 9.17) is 16.3 Å². The van der Waals surface area contributed by atoms with E-state index in [2.05, 4.69) is 10.9 Å². The molecule has 0 aromatic heterocycles. The van der Waals surface area contributed by atoms with E-state index in [1.165, 1.54) is 12.1 Å². The van der Waals surface area contributed by atoms with Crippen LogP contribution >= 0.6 is 11.6 Å². The average molecular weight is 247 g/mol. The third-order valence-corrected chi connectivity index (χ3v) is 2.04. The van der Waals surface area contributed by atoms with Crippen molar-refractivity contribution in [2.45, 2.75) is 6.61 Å². The van der Waals surface area contributed by atoms with Crippen molar-refractivity contribution in [3.63, 3.8) is 0 Å². The molecule has 0 radical (unpaired) electrons. The highest BCUT2D eigenvalue weighted by atomic mass is 35.5. The molecule has 0 bridgehead atoms. The van der Waals surface area contributed by atoms with Gasteiger partial charge in [0.25, 0.3) is 5.91 Å². The second kappa shape index (κ2) is 6.42. The Morgan fingerprint density at radius 2 is 2.31 bits per heavy atom. The number of hydrazine groups is 1. The van der Waals surface area contributed by atoms with Gasteiger partial charge in [0.15, 0.2) is 0 Å². The molecule has 1 aromatic carbocycles. The summed E-state index contributed by atoms with van der Waals surface area (Å²) < 4.78 is 17.9. The Kier molecular flexibility index (Phi) is 5.18. The Labute approximate surface area is 97.7 Å². The number of halogens is 2. The van der Waals surface area contributed by atoms with Crippen LogP contribution in [0, 0.1) is 5.82 Å². The zero-order valence-electron chi connectivity index (χ0n) is 8.72. The van der Waals surface area contributed by atoms with Gasteiger partial charge in [-0.15, -0.1) is 0 Å². The number of rotatable bonds is 5. The number of ether oxygens (including phenoxy) is 1. The van der Waals surface area contributed by atoms with Crippen LogP contribution in [-0.4, -0.2) is 19.6 Å². The maximum atomic E-state index is 12.8. The van der Waals surface area contributed by atoms with Crippen LogP contribution in [0.4, 0.5) is 4.39 Å². The number of hydrogen-bond donors (Lipinski definition) is 2. The molecular formula is C10H12ClFN2O2. The summed E-state index contributed by atoms with van der Waals surface area (Å²) in [5.41, 5.74) is 5.55. The van der Waals surface area contributed by atoms with Crippen molar-refractivity contribution in [3.8, 4) is 0 Å². The summed E-state index contributed by atoms with van der Waals surface area (Å²) in [7, 11) is 1.58. The first-order valence-electron chi connectivity index (χ1n) is 4.60. The van der Waals surface area contributed by atoms with E-state index in [9.17, 15) is 9.18 Å². The van der Waals surface area contributed by atoms with Crippen LogP contribution < -0.4 is 10.9 Å². The molecule has 88 valence electrons. The molecule has 4 nitrogen and oxygen atoms in total. The molecule has 0 saturated heterocycles. The van der Waals surface area contributed by atoms with Crippen LogP contribution in [0.5, 0.6) is 0 Å². The van der Waals surface area contributed by atoms with Gasteiger partial charge in [-0.2, -0.15) is 0 Å². The summed E-state index contributed by atoms with van der Waals surface area (Å²) >= 11 is 5.59. The van der Waals surface area contributed by atoms with Crippen LogP contribution in [0.2, 0.25) is 5.02 Å². The van der Waals surface area contributed by atoms with Crippen LogP contribution in [0.1, 0.15) is 5.56 Å². The van der Waals surface area contributed by atoms with E-state index in [0.717, 1.165) is 0 Å². The maximum Gasteiger partial charge on any atom is 0.260 e. The Balaban J connectivity index is 2.37. The van der Waals surface area contributed by atoms with Gasteiger partial charge in [0, 0.05) is 7.05 Å². The fourth-order valence-electron chi connectivity index (χ4n) is 1.07. The number of carbonyl (C=O) groups excluding carboxylic acids is 1. The highest BCUT2D eigenvalue weighted by molar-refractivity contribution is 6.30. The lowest BCUT2D eigenvalue weighted by Crippen LogP contribution is -2.36. The average Bonchev–Trinajstić information content (AvgIpc) is 2.24. The number of amides is 1. The largest absolute Gasteiger partial charge is 0.367 e. The fourth-order valence-corrected chi connectivity index (χ4v) is 1.27. The van der Waals surface area contributed by atoms with Gasteiger partial charge in [-0.3, -0.25) is 10.2 Å². The lowest BCUT2D eigenvalue weighted by molar-refractivity contribution is -0.126. The van der Waals surface area contributed by atoms with E-state index < -0.39 is 5.82 Å². The summed E-state index contributed by atoms with van der Waals surface area (Å²) in [6.07, 6.45) is 0. The van der Waals surface area contributed by atoms with Crippen LogP contribution in [-0.2, 0) is 16.1 Å². The zero-order valence-corrected chi connectivity index (χ0v) is 9.47. The standard InChI is InChI=1S/C10H12ClFN2O2/c1-13-14-10(15)6-16-5-7-2-3-9(12)8(11)4-7/h2-4,13H,5-6H2,1H3,(H,14,15). The smallest absolute Gasteiger partial charge is 0.260 e. The van der Waals surface area contributed by atoms with E-state index in [-0.39, 0.29) is 24.1 Å². The lowest BCUT2D eigenvalue weighted by Gasteiger charge is -2.05. The van der Waals surface area contributed by atoms with Crippen LogP contribution in [0.15, 0.2) is 18.2 Å². The van der Waals surface area contributed by atoms with Gasteiger partial charge in [-0.05, 0) is 17.7 Å². The van der Waals surface area contributed by atoms with Gasteiger partial charge in [0.2, 0.25) is 0 Å². The summed E-state index contributed by atoms with van der Waals surface area (Å²) in [5, 5.41) is 0.0424. The third kappa shape index (κ3) is 4.14.